The first kappa shape index (κ1) is 24.5. The van der Waals surface area contributed by atoms with E-state index in [1.54, 1.807) is 43.5 Å². The molecule has 0 radical (unpaired) electrons. The molecule has 3 aromatic rings. The molecule has 1 amide bonds. The minimum atomic E-state index is -0.301. The molecule has 2 aromatic carbocycles. The maximum atomic E-state index is 12.5. The standard InChI is InChI=1S/C25H28N2O7/c1-30-18-7-8-19(31-2)23-17(18)14-16(25(29)27-23)10-11-26-22(28)9-6-15-12-20(32-3)24(34-5)21(13-15)33-4/h6-9,12-14H,10-11H2,1-5H3,(H,26,28)(H,27,29). The van der Waals surface area contributed by atoms with E-state index >= 15 is 0 Å². The van der Waals surface area contributed by atoms with E-state index in [1.807, 2.05) is 0 Å². The lowest BCUT2D eigenvalue weighted by Gasteiger charge is -2.12. The summed E-state index contributed by atoms with van der Waals surface area (Å²) in [6.07, 6.45) is 3.38. The van der Waals surface area contributed by atoms with Gasteiger partial charge in [0.25, 0.3) is 5.56 Å². The van der Waals surface area contributed by atoms with Gasteiger partial charge in [0.1, 0.15) is 11.5 Å². The van der Waals surface area contributed by atoms with E-state index in [1.165, 1.54) is 34.5 Å². The van der Waals surface area contributed by atoms with E-state index in [9.17, 15) is 9.59 Å². The van der Waals surface area contributed by atoms with Gasteiger partial charge in [-0.25, -0.2) is 0 Å². The van der Waals surface area contributed by atoms with Crippen molar-refractivity contribution in [1.29, 1.82) is 0 Å². The number of fused-ring (bicyclic) bond motifs is 1. The SMILES string of the molecule is COc1cc(C=CC(=O)NCCc2cc3c(OC)ccc(OC)c3[nH]c2=O)cc(OC)c1OC. The quantitative estimate of drug-likeness (QED) is 0.441. The molecule has 0 unspecified atom stereocenters. The Balaban J connectivity index is 1.70. The normalized spacial score (nSPS) is 10.9. The summed E-state index contributed by atoms with van der Waals surface area (Å²) in [6.45, 7) is 0.277. The lowest BCUT2D eigenvalue weighted by molar-refractivity contribution is -0.116. The van der Waals surface area contributed by atoms with Gasteiger partial charge < -0.3 is 34.0 Å². The van der Waals surface area contributed by atoms with Gasteiger partial charge in [-0.2, -0.15) is 0 Å². The summed E-state index contributed by atoms with van der Waals surface area (Å²) >= 11 is 0. The van der Waals surface area contributed by atoms with Gasteiger partial charge in [0.05, 0.1) is 41.1 Å². The average Bonchev–Trinajstić information content (AvgIpc) is 2.86. The number of amides is 1. The average molecular weight is 469 g/mol. The van der Waals surface area contributed by atoms with E-state index in [4.69, 9.17) is 23.7 Å². The number of carbonyl (C=O) groups excluding carboxylic acids is 1. The second-order valence-electron chi connectivity index (χ2n) is 7.22. The Morgan fingerprint density at radius 3 is 2.09 bits per heavy atom. The van der Waals surface area contributed by atoms with Crippen LogP contribution < -0.4 is 34.6 Å². The first-order chi connectivity index (χ1) is 16.4. The predicted molar refractivity (Wildman–Crippen MR) is 130 cm³/mol. The number of hydrogen-bond donors (Lipinski definition) is 2. The number of H-pyrrole nitrogens is 1. The molecule has 9 heteroatoms. The van der Waals surface area contributed by atoms with Crippen molar-refractivity contribution in [3.8, 4) is 28.7 Å². The molecule has 1 heterocycles. The molecule has 9 nitrogen and oxygen atoms in total. The van der Waals surface area contributed by atoms with Gasteiger partial charge in [0.15, 0.2) is 11.5 Å². The van der Waals surface area contributed by atoms with Gasteiger partial charge in [0.2, 0.25) is 11.7 Å². The van der Waals surface area contributed by atoms with E-state index in [2.05, 4.69) is 10.3 Å². The monoisotopic (exact) mass is 468 g/mol. The highest BCUT2D eigenvalue weighted by atomic mass is 16.5. The minimum absolute atomic E-state index is 0.249. The number of aromatic nitrogens is 1. The zero-order chi connectivity index (χ0) is 24.7. The molecular weight excluding hydrogens is 440 g/mol. The van der Waals surface area contributed by atoms with Crippen LogP contribution in [0.5, 0.6) is 28.7 Å². The third-order valence-electron chi connectivity index (χ3n) is 5.26. The van der Waals surface area contributed by atoms with Crippen LogP contribution in [-0.2, 0) is 11.2 Å². The molecule has 180 valence electrons. The van der Waals surface area contributed by atoms with E-state index < -0.39 is 0 Å². The molecule has 0 aliphatic heterocycles. The first-order valence-corrected chi connectivity index (χ1v) is 10.5. The number of nitrogens with one attached hydrogen (secondary N) is 2. The zero-order valence-electron chi connectivity index (χ0n) is 19.8. The number of ether oxygens (including phenoxy) is 5. The zero-order valence-corrected chi connectivity index (χ0v) is 19.8. The highest BCUT2D eigenvalue weighted by molar-refractivity contribution is 5.92. The first-order valence-electron chi connectivity index (χ1n) is 10.5. The van der Waals surface area contributed by atoms with E-state index in [0.29, 0.717) is 51.8 Å². The van der Waals surface area contributed by atoms with Gasteiger partial charge in [-0.1, -0.05) is 0 Å². The number of pyridine rings is 1. The molecule has 0 bridgehead atoms. The van der Waals surface area contributed by atoms with Crippen LogP contribution in [0.15, 0.2) is 41.2 Å². The highest BCUT2D eigenvalue weighted by Gasteiger charge is 2.13. The molecule has 3 rings (SSSR count). The maximum Gasteiger partial charge on any atom is 0.251 e. The van der Waals surface area contributed by atoms with Crippen molar-refractivity contribution in [3.05, 3.63) is 57.9 Å². The predicted octanol–water partition coefficient (Wildman–Crippen LogP) is 2.94. The Kier molecular flexibility index (Phi) is 8.02. The van der Waals surface area contributed by atoms with Crippen LogP contribution in [0.1, 0.15) is 11.1 Å². The number of benzene rings is 2. The molecule has 0 atom stereocenters. The van der Waals surface area contributed by atoms with Crippen molar-refractivity contribution >= 4 is 22.9 Å². The Hall–Kier alpha value is -4.14. The van der Waals surface area contributed by atoms with Gasteiger partial charge in [0, 0.05) is 23.6 Å². The van der Waals surface area contributed by atoms with Gasteiger partial charge in [-0.3, -0.25) is 9.59 Å². The molecular formula is C25H28N2O7. The number of carbonyl (C=O) groups is 1. The summed E-state index contributed by atoms with van der Waals surface area (Å²) in [5.41, 5.74) is 1.54. The lowest BCUT2D eigenvalue weighted by atomic mass is 10.1. The molecule has 1 aromatic heterocycles. The van der Waals surface area contributed by atoms with Crippen molar-refractivity contribution in [1.82, 2.24) is 10.3 Å². The molecule has 0 saturated carbocycles. The van der Waals surface area contributed by atoms with Crippen LogP contribution in [0.3, 0.4) is 0 Å². The summed E-state index contributed by atoms with van der Waals surface area (Å²) in [4.78, 5) is 27.7. The number of hydrogen-bond acceptors (Lipinski definition) is 7. The van der Waals surface area contributed by atoms with Gasteiger partial charge >= 0.3 is 0 Å². The summed E-state index contributed by atoms with van der Waals surface area (Å²) in [5, 5.41) is 3.51. The Morgan fingerprint density at radius 1 is 0.882 bits per heavy atom. The number of rotatable bonds is 10. The molecule has 0 fully saturated rings. The highest BCUT2D eigenvalue weighted by Crippen LogP contribution is 2.38. The topological polar surface area (TPSA) is 108 Å². The lowest BCUT2D eigenvalue weighted by Crippen LogP contribution is -2.25. The minimum Gasteiger partial charge on any atom is -0.496 e. The van der Waals surface area contributed by atoms with Crippen LogP contribution in [0.2, 0.25) is 0 Å². The Labute approximate surface area is 197 Å². The van der Waals surface area contributed by atoms with Crippen molar-refractivity contribution in [3.63, 3.8) is 0 Å². The Bertz CT molecular complexity index is 1240. The fraction of sp³-hybridized carbons (Fsp3) is 0.280. The summed E-state index contributed by atoms with van der Waals surface area (Å²) in [7, 11) is 7.67. The fourth-order valence-electron chi connectivity index (χ4n) is 3.57. The molecule has 0 spiro atoms. The second kappa shape index (κ2) is 11.1. The van der Waals surface area contributed by atoms with Crippen LogP contribution in [0.4, 0.5) is 0 Å². The van der Waals surface area contributed by atoms with E-state index in [-0.39, 0.29) is 18.0 Å². The van der Waals surface area contributed by atoms with E-state index in [0.717, 1.165) is 5.39 Å². The Morgan fingerprint density at radius 2 is 1.50 bits per heavy atom. The second-order valence-corrected chi connectivity index (χ2v) is 7.22. The van der Waals surface area contributed by atoms with Crippen molar-refractivity contribution in [2.24, 2.45) is 0 Å². The van der Waals surface area contributed by atoms with Crippen LogP contribution in [0, 0.1) is 0 Å². The van der Waals surface area contributed by atoms with Gasteiger partial charge in [-0.15, -0.1) is 0 Å². The van der Waals surface area contributed by atoms with Crippen molar-refractivity contribution in [2.75, 3.05) is 42.1 Å². The van der Waals surface area contributed by atoms with Crippen LogP contribution >= 0.6 is 0 Å². The third kappa shape index (κ3) is 5.25. The van der Waals surface area contributed by atoms with Crippen molar-refractivity contribution < 1.29 is 28.5 Å². The smallest absolute Gasteiger partial charge is 0.251 e. The molecule has 0 aliphatic rings. The molecule has 34 heavy (non-hydrogen) atoms. The van der Waals surface area contributed by atoms with Crippen LogP contribution in [0.25, 0.3) is 17.0 Å². The third-order valence-corrected chi connectivity index (χ3v) is 5.26. The van der Waals surface area contributed by atoms with Gasteiger partial charge in [-0.05, 0) is 48.4 Å². The number of methoxy groups -OCH3 is 5. The largest absolute Gasteiger partial charge is 0.496 e. The number of aromatic amines is 1. The summed E-state index contributed by atoms with van der Waals surface area (Å²) in [5.74, 6) is 2.32. The fourth-order valence-corrected chi connectivity index (χ4v) is 3.57. The molecule has 0 saturated heterocycles. The van der Waals surface area contributed by atoms with Crippen molar-refractivity contribution in [2.45, 2.75) is 6.42 Å². The molecule has 2 N–H and O–H groups in total. The molecule has 0 aliphatic carbocycles. The summed E-state index contributed by atoms with van der Waals surface area (Å²) < 4.78 is 26.7. The van der Waals surface area contributed by atoms with Crippen LogP contribution in [-0.4, -0.2) is 53.0 Å². The summed E-state index contributed by atoms with van der Waals surface area (Å²) in [6, 6.07) is 8.74. The maximum absolute atomic E-state index is 12.5.